The highest BCUT2D eigenvalue weighted by molar-refractivity contribution is 7.25. The summed E-state index contributed by atoms with van der Waals surface area (Å²) < 4.78 is 8.94. The van der Waals surface area contributed by atoms with Crippen molar-refractivity contribution in [3.63, 3.8) is 0 Å². The minimum atomic E-state index is 0.920. The van der Waals surface area contributed by atoms with E-state index in [1.807, 2.05) is 23.5 Å². The van der Waals surface area contributed by atoms with Gasteiger partial charge in [-0.15, -0.1) is 11.3 Å². The number of hydrogen-bond acceptors (Lipinski definition) is 3. The summed E-state index contributed by atoms with van der Waals surface area (Å²) in [7, 11) is 0. The molecular formula is C36H23NOS. The molecule has 0 atom stereocenters. The molecule has 0 saturated carbocycles. The number of benzene rings is 6. The van der Waals surface area contributed by atoms with Crippen LogP contribution in [0.4, 0.5) is 17.1 Å². The molecule has 0 aliphatic heterocycles. The van der Waals surface area contributed by atoms with Gasteiger partial charge >= 0.3 is 0 Å². The molecule has 0 aliphatic rings. The van der Waals surface area contributed by atoms with E-state index in [1.54, 1.807) is 0 Å². The summed E-state index contributed by atoms with van der Waals surface area (Å²) in [5, 5.41) is 4.90. The number of fused-ring (bicyclic) bond motifs is 6. The lowest BCUT2D eigenvalue weighted by Crippen LogP contribution is -2.09. The van der Waals surface area contributed by atoms with Gasteiger partial charge < -0.3 is 9.32 Å². The predicted molar refractivity (Wildman–Crippen MR) is 167 cm³/mol. The van der Waals surface area contributed by atoms with Gasteiger partial charge in [0.2, 0.25) is 0 Å². The zero-order chi connectivity index (χ0) is 25.8. The van der Waals surface area contributed by atoms with Crippen LogP contribution in [0.2, 0.25) is 0 Å². The first kappa shape index (κ1) is 22.2. The van der Waals surface area contributed by atoms with Crippen LogP contribution in [0.3, 0.4) is 0 Å². The second-order valence-corrected chi connectivity index (χ2v) is 10.9. The fourth-order valence-corrected chi connectivity index (χ4v) is 6.73. The lowest BCUT2D eigenvalue weighted by atomic mass is 10.0. The van der Waals surface area contributed by atoms with E-state index in [0.717, 1.165) is 50.1 Å². The smallest absolute Gasteiger partial charge is 0.143 e. The maximum absolute atomic E-state index is 6.31. The number of nitrogens with zero attached hydrogens (tertiary/aromatic N) is 1. The van der Waals surface area contributed by atoms with Gasteiger partial charge in [-0.1, -0.05) is 84.9 Å². The normalized spacial score (nSPS) is 11.6. The number of anilines is 3. The fraction of sp³-hybridized carbons (Fsp3) is 0. The Morgan fingerprint density at radius 1 is 0.462 bits per heavy atom. The summed E-state index contributed by atoms with van der Waals surface area (Å²) in [5.74, 6) is 0. The van der Waals surface area contributed by atoms with Crippen molar-refractivity contribution in [2.75, 3.05) is 4.90 Å². The highest BCUT2D eigenvalue weighted by Gasteiger charge is 2.16. The molecule has 0 aliphatic carbocycles. The third-order valence-corrected chi connectivity index (χ3v) is 8.63. The van der Waals surface area contributed by atoms with Crippen LogP contribution in [-0.4, -0.2) is 0 Å². The maximum Gasteiger partial charge on any atom is 0.143 e. The minimum Gasteiger partial charge on any atom is -0.455 e. The summed E-state index contributed by atoms with van der Waals surface area (Å²) in [5.41, 5.74) is 7.47. The number of hydrogen-bond donors (Lipinski definition) is 0. The Labute approximate surface area is 230 Å². The Morgan fingerprint density at radius 3 is 2.00 bits per heavy atom. The molecule has 0 saturated heterocycles. The summed E-state index contributed by atoms with van der Waals surface area (Å²) >= 11 is 1.85. The van der Waals surface area contributed by atoms with Crippen LogP contribution in [0, 0.1) is 0 Å². The van der Waals surface area contributed by atoms with Gasteiger partial charge in [-0.2, -0.15) is 0 Å². The number of furan rings is 1. The number of para-hydroxylation sites is 3. The molecule has 0 radical (unpaired) electrons. The van der Waals surface area contributed by atoms with Crippen molar-refractivity contribution in [1.82, 2.24) is 0 Å². The van der Waals surface area contributed by atoms with Crippen molar-refractivity contribution < 1.29 is 4.42 Å². The van der Waals surface area contributed by atoms with E-state index < -0.39 is 0 Å². The van der Waals surface area contributed by atoms with Gasteiger partial charge in [0.1, 0.15) is 11.2 Å². The van der Waals surface area contributed by atoms with E-state index in [-0.39, 0.29) is 0 Å². The van der Waals surface area contributed by atoms with Crippen LogP contribution < -0.4 is 4.90 Å². The van der Waals surface area contributed by atoms with Gasteiger partial charge in [-0.05, 0) is 60.2 Å². The Bertz CT molecular complexity index is 2120. The van der Waals surface area contributed by atoms with Gasteiger partial charge in [0.25, 0.3) is 0 Å². The molecule has 184 valence electrons. The van der Waals surface area contributed by atoms with Crippen molar-refractivity contribution in [3.05, 3.63) is 140 Å². The van der Waals surface area contributed by atoms with E-state index in [4.69, 9.17) is 4.42 Å². The van der Waals surface area contributed by atoms with Crippen molar-refractivity contribution in [3.8, 4) is 11.1 Å². The van der Waals surface area contributed by atoms with Crippen LogP contribution in [0.5, 0.6) is 0 Å². The molecule has 0 spiro atoms. The molecule has 0 bridgehead atoms. The zero-order valence-corrected chi connectivity index (χ0v) is 21.9. The van der Waals surface area contributed by atoms with Crippen LogP contribution in [0.15, 0.2) is 144 Å². The standard InChI is InChI=1S/C36H23NOS/c1-2-9-25(10-3-1)37(27-21-22-35-32(23-27)30-12-5-7-16-34(30)39-35)26-19-17-24(18-20-26)28-13-8-14-31-29-11-4-6-15-33(29)38-36(28)31/h1-23H. The Balaban J connectivity index is 1.26. The monoisotopic (exact) mass is 517 g/mol. The largest absolute Gasteiger partial charge is 0.455 e. The molecule has 0 N–H and O–H groups in total. The molecule has 0 unspecified atom stereocenters. The van der Waals surface area contributed by atoms with Crippen molar-refractivity contribution in [2.45, 2.75) is 0 Å². The first-order valence-corrected chi connectivity index (χ1v) is 13.9. The molecule has 2 aromatic heterocycles. The second-order valence-electron chi connectivity index (χ2n) is 9.78. The molecule has 2 heterocycles. The summed E-state index contributed by atoms with van der Waals surface area (Å²) in [6.07, 6.45) is 0. The first-order valence-electron chi connectivity index (χ1n) is 13.1. The SMILES string of the molecule is c1ccc(N(c2ccc(-c3cccc4c3oc3ccccc34)cc2)c2ccc3sc4ccccc4c3c2)cc1. The summed E-state index contributed by atoms with van der Waals surface area (Å²) in [6, 6.07) is 49.5. The van der Waals surface area contributed by atoms with Crippen LogP contribution in [0.1, 0.15) is 0 Å². The fourth-order valence-electron chi connectivity index (χ4n) is 5.64. The average Bonchev–Trinajstić information content (AvgIpc) is 3.57. The third-order valence-electron chi connectivity index (χ3n) is 7.47. The molecular weight excluding hydrogens is 494 g/mol. The lowest BCUT2D eigenvalue weighted by Gasteiger charge is -2.25. The number of thiophene rings is 1. The Morgan fingerprint density at radius 2 is 1.13 bits per heavy atom. The van der Waals surface area contributed by atoms with Crippen molar-refractivity contribution >= 4 is 70.5 Å². The minimum absolute atomic E-state index is 0.920. The highest BCUT2D eigenvalue weighted by Crippen LogP contribution is 2.41. The molecule has 8 rings (SSSR count). The van der Waals surface area contributed by atoms with Gasteiger partial charge in [-0.3, -0.25) is 0 Å². The van der Waals surface area contributed by atoms with Crippen LogP contribution >= 0.6 is 11.3 Å². The van der Waals surface area contributed by atoms with Gasteiger partial charge in [0.15, 0.2) is 0 Å². The quantitative estimate of drug-likeness (QED) is 0.231. The van der Waals surface area contributed by atoms with Crippen molar-refractivity contribution in [2.24, 2.45) is 0 Å². The topological polar surface area (TPSA) is 16.4 Å². The summed E-state index contributed by atoms with van der Waals surface area (Å²) in [4.78, 5) is 2.33. The lowest BCUT2D eigenvalue weighted by molar-refractivity contribution is 0.670. The molecule has 0 amide bonds. The van der Waals surface area contributed by atoms with E-state index >= 15 is 0 Å². The number of rotatable bonds is 4. The molecule has 39 heavy (non-hydrogen) atoms. The Hall–Kier alpha value is -4.86. The van der Waals surface area contributed by atoms with E-state index in [0.29, 0.717) is 0 Å². The van der Waals surface area contributed by atoms with Crippen LogP contribution in [-0.2, 0) is 0 Å². The first-order chi connectivity index (χ1) is 19.3. The van der Waals surface area contributed by atoms with Crippen LogP contribution in [0.25, 0.3) is 53.2 Å². The second kappa shape index (κ2) is 8.87. The molecule has 0 fully saturated rings. The zero-order valence-electron chi connectivity index (χ0n) is 21.0. The van der Waals surface area contributed by atoms with Gasteiger partial charge in [-0.25, -0.2) is 0 Å². The van der Waals surface area contributed by atoms with E-state index in [9.17, 15) is 0 Å². The third kappa shape index (κ3) is 3.63. The molecule has 3 heteroatoms. The van der Waals surface area contributed by atoms with Crippen molar-refractivity contribution in [1.29, 1.82) is 0 Å². The molecule has 6 aromatic carbocycles. The van der Waals surface area contributed by atoms with Gasteiger partial charge in [0, 0.05) is 53.6 Å². The highest BCUT2D eigenvalue weighted by atomic mass is 32.1. The van der Waals surface area contributed by atoms with E-state index in [2.05, 4.69) is 132 Å². The summed E-state index contributed by atoms with van der Waals surface area (Å²) in [6.45, 7) is 0. The predicted octanol–water partition coefficient (Wildman–Crippen LogP) is 11.1. The molecule has 2 nitrogen and oxygen atoms in total. The average molecular weight is 518 g/mol. The van der Waals surface area contributed by atoms with E-state index in [1.165, 1.54) is 20.2 Å². The van der Waals surface area contributed by atoms with Gasteiger partial charge in [0.05, 0.1) is 0 Å². The molecule has 8 aromatic rings. The maximum atomic E-state index is 6.31. The Kier molecular flexibility index (Phi) is 5.04.